The lowest BCUT2D eigenvalue weighted by molar-refractivity contribution is 0.284. The molecule has 1 heterocycles. The van der Waals surface area contributed by atoms with E-state index in [4.69, 9.17) is 19.9 Å². The summed E-state index contributed by atoms with van der Waals surface area (Å²) in [7, 11) is 3.06. The maximum Gasteiger partial charge on any atom is 0.268 e. The van der Waals surface area contributed by atoms with Crippen molar-refractivity contribution in [3.8, 4) is 40.5 Å². The van der Waals surface area contributed by atoms with Crippen LogP contribution in [0.25, 0.3) is 11.1 Å². The zero-order valence-electron chi connectivity index (χ0n) is 16.4. The number of anilines is 1. The van der Waals surface area contributed by atoms with Crippen LogP contribution in [0.2, 0.25) is 0 Å². The van der Waals surface area contributed by atoms with Gasteiger partial charge in [0.1, 0.15) is 41.4 Å². The standard InChI is InChI=1S/C22H18N4O4/c1-28-15-5-3-4-13(8-15)12-30-18-7-6-14(9-19(18)29-2)20-16(10-23)21(25)26-22(27)17(20)11-24/h3-9H,12H2,1-2H3,(H3,25,26,27). The number of benzene rings is 2. The molecule has 8 nitrogen and oxygen atoms in total. The largest absolute Gasteiger partial charge is 0.497 e. The summed E-state index contributed by atoms with van der Waals surface area (Å²) in [5.74, 6) is 1.45. The van der Waals surface area contributed by atoms with E-state index in [1.807, 2.05) is 36.4 Å². The third-order valence-corrected chi connectivity index (χ3v) is 4.45. The molecule has 0 saturated heterocycles. The van der Waals surface area contributed by atoms with E-state index in [1.165, 1.54) is 7.11 Å². The highest BCUT2D eigenvalue weighted by molar-refractivity contribution is 5.81. The first-order valence-electron chi connectivity index (χ1n) is 8.82. The van der Waals surface area contributed by atoms with E-state index >= 15 is 0 Å². The third kappa shape index (κ3) is 3.89. The quantitative estimate of drug-likeness (QED) is 0.647. The average Bonchev–Trinajstić information content (AvgIpc) is 2.77. The molecule has 3 rings (SSSR count). The molecule has 0 aliphatic rings. The number of nitrogens with one attached hydrogen (secondary N) is 1. The summed E-state index contributed by atoms with van der Waals surface area (Å²) < 4.78 is 16.5. The van der Waals surface area contributed by atoms with E-state index in [1.54, 1.807) is 25.3 Å². The van der Waals surface area contributed by atoms with Crippen molar-refractivity contribution >= 4 is 5.82 Å². The third-order valence-electron chi connectivity index (χ3n) is 4.45. The SMILES string of the molecule is COc1cccc(COc2ccc(-c3c(C#N)c(N)[nH]c(=O)c3C#N)cc2OC)c1. The molecular weight excluding hydrogens is 384 g/mol. The molecule has 0 bridgehead atoms. The van der Waals surface area contributed by atoms with Crippen LogP contribution in [0, 0.1) is 22.7 Å². The second kappa shape index (κ2) is 8.72. The Bertz CT molecular complexity index is 1240. The molecule has 3 N–H and O–H groups in total. The molecular formula is C22H18N4O4. The molecule has 0 unspecified atom stereocenters. The number of nitrogens with zero attached hydrogens (tertiary/aromatic N) is 2. The molecule has 2 aromatic carbocycles. The van der Waals surface area contributed by atoms with Gasteiger partial charge in [-0.3, -0.25) is 4.79 Å². The van der Waals surface area contributed by atoms with Gasteiger partial charge < -0.3 is 24.9 Å². The van der Waals surface area contributed by atoms with E-state index in [-0.39, 0.29) is 29.1 Å². The summed E-state index contributed by atoms with van der Waals surface area (Å²) in [6.07, 6.45) is 0. The normalized spacial score (nSPS) is 10.0. The fraction of sp³-hybridized carbons (Fsp3) is 0.136. The minimum atomic E-state index is -0.665. The van der Waals surface area contributed by atoms with Crippen molar-refractivity contribution < 1.29 is 14.2 Å². The van der Waals surface area contributed by atoms with Crippen LogP contribution in [0.5, 0.6) is 17.2 Å². The topological polar surface area (TPSA) is 134 Å². The molecule has 0 aliphatic carbocycles. The molecule has 0 spiro atoms. The van der Waals surface area contributed by atoms with Crippen molar-refractivity contribution in [3.63, 3.8) is 0 Å². The van der Waals surface area contributed by atoms with Crippen molar-refractivity contribution in [2.75, 3.05) is 20.0 Å². The summed E-state index contributed by atoms with van der Waals surface area (Å²) >= 11 is 0. The van der Waals surface area contributed by atoms with Gasteiger partial charge in [0, 0.05) is 5.56 Å². The Morgan fingerprint density at radius 3 is 2.43 bits per heavy atom. The summed E-state index contributed by atoms with van der Waals surface area (Å²) in [6, 6.07) is 16.1. The number of hydrogen-bond acceptors (Lipinski definition) is 7. The molecule has 0 amide bonds. The number of aromatic nitrogens is 1. The van der Waals surface area contributed by atoms with E-state index in [0.29, 0.717) is 17.1 Å². The number of pyridine rings is 1. The summed E-state index contributed by atoms with van der Waals surface area (Å²) in [5, 5.41) is 18.9. The summed E-state index contributed by atoms with van der Waals surface area (Å²) in [5.41, 5.74) is 6.41. The Kier molecular flexibility index (Phi) is 5.90. The van der Waals surface area contributed by atoms with E-state index in [2.05, 4.69) is 4.98 Å². The molecule has 0 radical (unpaired) electrons. The van der Waals surface area contributed by atoms with Crippen molar-refractivity contribution in [3.05, 3.63) is 69.5 Å². The van der Waals surface area contributed by atoms with Crippen molar-refractivity contribution in [2.45, 2.75) is 6.61 Å². The predicted octanol–water partition coefficient (Wildman–Crippen LogP) is 2.96. The Labute approximate surface area is 172 Å². The number of nitrogen functional groups attached to an aromatic ring is 1. The van der Waals surface area contributed by atoms with Gasteiger partial charge in [-0.15, -0.1) is 0 Å². The maximum atomic E-state index is 12.1. The lowest BCUT2D eigenvalue weighted by Crippen LogP contribution is -2.16. The molecule has 30 heavy (non-hydrogen) atoms. The van der Waals surface area contributed by atoms with Crippen molar-refractivity contribution in [1.29, 1.82) is 10.5 Å². The predicted molar refractivity (Wildman–Crippen MR) is 110 cm³/mol. The Morgan fingerprint density at radius 2 is 1.77 bits per heavy atom. The summed E-state index contributed by atoms with van der Waals surface area (Å²) in [4.78, 5) is 14.5. The second-order valence-electron chi connectivity index (χ2n) is 6.22. The van der Waals surface area contributed by atoms with Crippen LogP contribution in [0.15, 0.2) is 47.3 Å². The highest BCUT2D eigenvalue weighted by atomic mass is 16.5. The lowest BCUT2D eigenvalue weighted by atomic mass is 9.96. The minimum absolute atomic E-state index is 0.0123. The molecule has 0 aliphatic heterocycles. The number of hydrogen-bond donors (Lipinski definition) is 2. The minimum Gasteiger partial charge on any atom is -0.497 e. The van der Waals surface area contributed by atoms with Crippen LogP contribution in [-0.4, -0.2) is 19.2 Å². The molecule has 1 aromatic heterocycles. The first-order chi connectivity index (χ1) is 14.5. The van der Waals surface area contributed by atoms with Gasteiger partial charge >= 0.3 is 0 Å². The first kappa shape index (κ1) is 20.3. The van der Waals surface area contributed by atoms with Crippen LogP contribution in [0.4, 0.5) is 5.82 Å². The summed E-state index contributed by atoms with van der Waals surface area (Å²) in [6.45, 7) is 0.276. The van der Waals surface area contributed by atoms with E-state index < -0.39 is 5.56 Å². The average molecular weight is 402 g/mol. The molecule has 3 aromatic rings. The molecule has 0 fully saturated rings. The Morgan fingerprint density at radius 1 is 1.00 bits per heavy atom. The van der Waals surface area contributed by atoms with Gasteiger partial charge in [-0.05, 0) is 35.4 Å². The van der Waals surface area contributed by atoms with Crippen LogP contribution >= 0.6 is 0 Å². The van der Waals surface area contributed by atoms with Crippen LogP contribution < -0.4 is 25.5 Å². The van der Waals surface area contributed by atoms with Gasteiger partial charge in [0.15, 0.2) is 11.5 Å². The highest BCUT2D eigenvalue weighted by Crippen LogP contribution is 2.36. The van der Waals surface area contributed by atoms with Crippen LogP contribution in [0.3, 0.4) is 0 Å². The smallest absolute Gasteiger partial charge is 0.268 e. The van der Waals surface area contributed by atoms with Crippen molar-refractivity contribution in [2.24, 2.45) is 0 Å². The number of methoxy groups -OCH3 is 2. The lowest BCUT2D eigenvalue weighted by Gasteiger charge is -2.14. The first-order valence-corrected chi connectivity index (χ1v) is 8.82. The van der Waals surface area contributed by atoms with Gasteiger partial charge in [-0.1, -0.05) is 18.2 Å². The number of nitriles is 2. The van der Waals surface area contributed by atoms with Crippen LogP contribution in [-0.2, 0) is 6.61 Å². The highest BCUT2D eigenvalue weighted by Gasteiger charge is 2.19. The van der Waals surface area contributed by atoms with Crippen molar-refractivity contribution in [1.82, 2.24) is 4.98 Å². The van der Waals surface area contributed by atoms with Gasteiger partial charge in [0.25, 0.3) is 5.56 Å². The number of H-pyrrole nitrogens is 1. The monoisotopic (exact) mass is 402 g/mol. The van der Waals surface area contributed by atoms with Gasteiger partial charge in [-0.2, -0.15) is 10.5 Å². The number of ether oxygens (including phenoxy) is 3. The van der Waals surface area contributed by atoms with E-state index in [9.17, 15) is 15.3 Å². The molecule has 0 atom stereocenters. The maximum absolute atomic E-state index is 12.1. The van der Waals surface area contributed by atoms with Gasteiger partial charge in [0.05, 0.1) is 14.2 Å². The van der Waals surface area contributed by atoms with Gasteiger partial charge in [-0.25, -0.2) is 0 Å². The van der Waals surface area contributed by atoms with Gasteiger partial charge in [0.2, 0.25) is 0 Å². The number of aromatic amines is 1. The molecule has 8 heteroatoms. The zero-order valence-corrected chi connectivity index (χ0v) is 16.4. The van der Waals surface area contributed by atoms with Crippen LogP contribution in [0.1, 0.15) is 16.7 Å². The fourth-order valence-corrected chi connectivity index (χ4v) is 3.00. The second-order valence-corrected chi connectivity index (χ2v) is 6.22. The fourth-order valence-electron chi connectivity index (χ4n) is 3.00. The molecule has 0 saturated carbocycles. The molecule has 150 valence electrons. The Balaban J connectivity index is 2.00. The van der Waals surface area contributed by atoms with E-state index in [0.717, 1.165) is 11.3 Å². The number of rotatable bonds is 6. The Hall–Kier alpha value is -4.43. The zero-order chi connectivity index (χ0) is 21.7. The number of nitrogens with two attached hydrogens (primary N) is 1.